The minimum Gasteiger partial charge on any atom is -0.324 e. The van der Waals surface area contributed by atoms with Crippen LogP contribution in [0.25, 0.3) is 21.9 Å². The number of likely N-dealkylation sites (tertiary alicyclic amines) is 1. The minimum atomic E-state index is 0.647. The Morgan fingerprint density at radius 1 is 1.00 bits per heavy atom. The van der Waals surface area contributed by atoms with Gasteiger partial charge in [0.1, 0.15) is 5.82 Å². The first kappa shape index (κ1) is 20.5. The summed E-state index contributed by atoms with van der Waals surface area (Å²) in [4.78, 5) is 12.1. The van der Waals surface area contributed by atoms with E-state index >= 15 is 0 Å². The summed E-state index contributed by atoms with van der Waals surface area (Å²) >= 11 is 0. The second kappa shape index (κ2) is 9.37. The van der Waals surface area contributed by atoms with Gasteiger partial charge >= 0.3 is 0 Å². The van der Waals surface area contributed by atoms with Crippen molar-refractivity contribution in [3.8, 4) is 6.07 Å². The van der Waals surface area contributed by atoms with Crippen molar-refractivity contribution in [2.75, 3.05) is 31.6 Å². The lowest BCUT2D eigenvalue weighted by Gasteiger charge is -2.26. The van der Waals surface area contributed by atoms with Crippen molar-refractivity contribution in [2.45, 2.75) is 32.1 Å². The molecule has 2 aromatic heterocycles. The van der Waals surface area contributed by atoms with Crippen LogP contribution in [0.2, 0.25) is 0 Å². The Morgan fingerprint density at radius 2 is 1.84 bits per heavy atom. The Balaban J connectivity index is 1.44. The molecule has 1 fully saturated rings. The van der Waals surface area contributed by atoms with Crippen molar-refractivity contribution in [1.82, 2.24) is 19.5 Å². The Kier molecular flexibility index (Phi) is 6.00. The van der Waals surface area contributed by atoms with Gasteiger partial charge < -0.3 is 10.3 Å². The maximum atomic E-state index is 9.42. The Hall–Kier alpha value is -3.43. The maximum absolute atomic E-state index is 9.42. The van der Waals surface area contributed by atoms with Crippen LogP contribution in [0.3, 0.4) is 0 Å². The summed E-state index contributed by atoms with van der Waals surface area (Å²) in [6, 6.07) is 18.4. The number of aromatic nitrogens is 3. The van der Waals surface area contributed by atoms with Gasteiger partial charge in [0.15, 0.2) is 5.65 Å². The largest absolute Gasteiger partial charge is 0.324 e. The van der Waals surface area contributed by atoms with E-state index in [4.69, 9.17) is 4.98 Å². The lowest BCUT2D eigenvalue weighted by atomic mass is 10.1. The molecule has 0 spiro atoms. The zero-order valence-corrected chi connectivity index (χ0v) is 18.3. The first-order chi connectivity index (χ1) is 15.8. The van der Waals surface area contributed by atoms with Crippen LogP contribution in [0.4, 0.5) is 0 Å². The molecular weight excluding hydrogens is 396 g/mol. The first-order valence-electron chi connectivity index (χ1n) is 11.5. The summed E-state index contributed by atoms with van der Waals surface area (Å²) < 4.78 is 2.05. The predicted molar refractivity (Wildman–Crippen MR) is 128 cm³/mol. The normalized spacial score (nSPS) is 14.6. The van der Waals surface area contributed by atoms with Gasteiger partial charge in [-0.05, 0) is 56.6 Å². The van der Waals surface area contributed by atoms with E-state index in [2.05, 4.69) is 38.2 Å². The summed E-state index contributed by atoms with van der Waals surface area (Å²) in [5, 5.41) is 11.5. The van der Waals surface area contributed by atoms with Gasteiger partial charge in [0.25, 0.3) is 0 Å². The summed E-state index contributed by atoms with van der Waals surface area (Å²) in [6.07, 6.45) is 7.68. The molecule has 1 N–H and O–H groups in total. The summed E-state index contributed by atoms with van der Waals surface area (Å²) in [5.41, 5.74) is 7.27. The molecule has 1 aliphatic rings. The number of nitrogens with zero attached hydrogens (tertiary/aromatic N) is 5. The van der Waals surface area contributed by atoms with Crippen molar-refractivity contribution in [3.05, 3.63) is 71.7 Å². The third-order valence-corrected chi connectivity index (χ3v) is 6.26. The fourth-order valence-electron chi connectivity index (χ4n) is 4.60. The number of nitriles is 1. The molecule has 6 heteroatoms. The van der Waals surface area contributed by atoms with Gasteiger partial charge in [0.05, 0.1) is 17.1 Å². The van der Waals surface area contributed by atoms with Crippen LogP contribution in [0.15, 0.2) is 54.7 Å². The molecule has 0 amide bonds. The molecule has 0 aliphatic carbocycles. The highest BCUT2D eigenvalue weighted by molar-refractivity contribution is 6.06. The van der Waals surface area contributed by atoms with Crippen molar-refractivity contribution < 1.29 is 0 Å². The van der Waals surface area contributed by atoms with E-state index in [1.54, 1.807) is 0 Å². The maximum Gasteiger partial charge on any atom is 0.163 e. The number of benzene rings is 2. The molecule has 2 aromatic carbocycles. The van der Waals surface area contributed by atoms with Crippen LogP contribution in [0.1, 0.15) is 42.6 Å². The highest BCUT2D eigenvalue weighted by Crippen LogP contribution is 2.27. The molecule has 1 aliphatic heterocycles. The van der Waals surface area contributed by atoms with Gasteiger partial charge in [-0.1, -0.05) is 42.8 Å². The zero-order chi connectivity index (χ0) is 21.8. The second-order valence-electron chi connectivity index (χ2n) is 8.53. The van der Waals surface area contributed by atoms with Gasteiger partial charge in [-0.15, -0.1) is 0 Å². The molecule has 1 saturated heterocycles. The highest BCUT2D eigenvalue weighted by Gasteiger charge is 2.15. The van der Waals surface area contributed by atoms with Crippen LogP contribution in [0.5, 0.6) is 0 Å². The Bertz CT molecular complexity index is 1250. The van der Waals surface area contributed by atoms with Crippen LogP contribution in [-0.2, 0) is 6.42 Å². The molecule has 0 saturated carbocycles. The van der Waals surface area contributed by atoms with Crippen molar-refractivity contribution in [1.29, 1.82) is 5.26 Å². The molecule has 0 atom stereocenters. The van der Waals surface area contributed by atoms with E-state index in [0.717, 1.165) is 47.3 Å². The van der Waals surface area contributed by atoms with E-state index in [-0.39, 0.29) is 0 Å². The van der Waals surface area contributed by atoms with E-state index in [1.807, 2.05) is 42.6 Å². The number of hydrogen-bond donors (Lipinski definition) is 1. The quantitative estimate of drug-likeness (QED) is 0.444. The monoisotopic (exact) mass is 424 g/mol. The molecular formula is C26H28N6. The summed E-state index contributed by atoms with van der Waals surface area (Å²) in [5.74, 6) is 0.795. The lowest BCUT2D eigenvalue weighted by molar-refractivity contribution is 0.228. The average molecular weight is 425 g/mol. The van der Waals surface area contributed by atoms with Gasteiger partial charge in [-0.3, -0.25) is 0 Å². The third-order valence-electron chi connectivity index (χ3n) is 6.26. The zero-order valence-electron chi connectivity index (χ0n) is 18.3. The summed E-state index contributed by atoms with van der Waals surface area (Å²) in [7, 11) is 0. The van der Waals surface area contributed by atoms with E-state index in [9.17, 15) is 5.26 Å². The molecule has 3 heterocycles. The van der Waals surface area contributed by atoms with Crippen molar-refractivity contribution in [2.24, 2.45) is 0 Å². The van der Waals surface area contributed by atoms with Crippen LogP contribution < -0.4 is 5.43 Å². The van der Waals surface area contributed by atoms with E-state index < -0.39 is 0 Å². The van der Waals surface area contributed by atoms with Gasteiger partial charge in [0.2, 0.25) is 0 Å². The molecule has 0 radical (unpaired) electrons. The number of piperidine rings is 1. The molecule has 162 valence electrons. The van der Waals surface area contributed by atoms with Crippen molar-refractivity contribution >= 4 is 21.9 Å². The fraction of sp³-hybridized carbons (Fsp3) is 0.346. The molecule has 4 aromatic rings. The first-order valence-corrected chi connectivity index (χ1v) is 11.5. The predicted octanol–water partition coefficient (Wildman–Crippen LogP) is 4.47. The molecule has 5 rings (SSSR count). The smallest absolute Gasteiger partial charge is 0.163 e. The lowest BCUT2D eigenvalue weighted by Crippen LogP contribution is -2.32. The molecule has 0 unspecified atom stereocenters. The summed E-state index contributed by atoms with van der Waals surface area (Å²) in [6.45, 7) is 4.40. The topological polar surface area (TPSA) is 69.8 Å². The second-order valence-corrected chi connectivity index (χ2v) is 8.53. The fourth-order valence-corrected chi connectivity index (χ4v) is 4.60. The van der Waals surface area contributed by atoms with E-state index in [1.165, 1.54) is 37.9 Å². The van der Waals surface area contributed by atoms with E-state index in [0.29, 0.717) is 12.0 Å². The number of fused-ring (bicyclic) bond motifs is 3. The SMILES string of the molecule is N#Cc1ccc2c3cnc(Cc4ccccc4)nc3n(NCCCN3CCCCC3)c2c1. The standard InChI is InChI=1S/C26H28N6/c27-18-21-10-11-22-23-19-28-25(17-20-8-3-1-4-9-20)30-26(23)32(24(22)16-21)29-12-7-15-31-13-5-2-6-14-31/h1,3-4,8-11,16,19,29H,2,5-7,12-15,17H2. The average Bonchev–Trinajstić information content (AvgIpc) is 3.15. The molecule has 0 bridgehead atoms. The Morgan fingerprint density at radius 3 is 2.66 bits per heavy atom. The Labute approximate surface area is 188 Å². The van der Waals surface area contributed by atoms with Crippen LogP contribution >= 0.6 is 0 Å². The van der Waals surface area contributed by atoms with Crippen molar-refractivity contribution in [3.63, 3.8) is 0 Å². The number of hydrogen-bond acceptors (Lipinski definition) is 5. The van der Waals surface area contributed by atoms with Crippen LogP contribution in [-0.4, -0.2) is 45.7 Å². The molecule has 6 nitrogen and oxygen atoms in total. The van der Waals surface area contributed by atoms with Gasteiger partial charge in [-0.25, -0.2) is 14.6 Å². The molecule has 32 heavy (non-hydrogen) atoms. The van der Waals surface area contributed by atoms with Gasteiger partial charge in [0, 0.05) is 29.9 Å². The number of nitrogens with one attached hydrogen (secondary N) is 1. The minimum absolute atomic E-state index is 0.647. The third kappa shape index (κ3) is 4.30. The van der Waals surface area contributed by atoms with Gasteiger partial charge in [-0.2, -0.15) is 5.26 Å². The van der Waals surface area contributed by atoms with Crippen LogP contribution in [0, 0.1) is 11.3 Å². The highest BCUT2D eigenvalue weighted by atomic mass is 15.4. The number of rotatable bonds is 7.